The van der Waals surface area contributed by atoms with Gasteiger partial charge in [-0.05, 0) is 24.5 Å². The Hall–Kier alpha value is -1.60. The van der Waals surface area contributed by atoms with E-state index in [0.717, 1.165) is 6.42 Å². The average molecular weight is 219 g/mol. The van der Waals surface area contributed by atoms with E-state index in [-0.39, 0.29) is 12.6 Å². The number of nitriles is 1. The second-order valence-corrected chi connectivity index (χ2v) is 4.19. The summed E-state index contributed by atoms with van der Waals surface area (Å²) in [6.45, 7) is 4.27. The lowest BCUT2D eigenvalue weighted by Gasteiger charge is -2.18. The molecule has 0 bridgehead atoms. The van der Waals surface area contributed by atoms with Crippen LogP contribution in [0.5, 0.6) is 0 Å². The van der Waals surface area contributed by atoms with Crippen LogP contribution >= 0.6 is 0 Å². The first kappa shape index (κ1) is 12.5. The van der Waals surface area contributed by atoms with Crippen LogP contribution in [0.3, 0.4) is 0 Å². The molecule has 4 heteroatoms. The van der Waals surface area contributed by atoms with Gasteiger partial charge in [0, 0.05) is 6.20 Å². The summed E-state index contributed by atoms with van der Waals surface area (Å²) >= 11 is 0. The molecule has 1 rings (SSSR count). The van der Waals surface area contributed by atoms with Crippen LogP contribution in [0, 0.1) is 17.2 Å². The van der Waals surface area contributed by atoms with E-state index in [9.17, 15) is 5.11 Å². The van der Waals surface area contributed by atoms with Crippen molar-refractivity contribution in [2.75, 3.05) is 11.9 Å². The molecule has 1 unspecified atom stereocenters. The number of aromatic nitrogens is 1. The number of nitrogens with one attached hydrogen (secondary N) is 1. The van der Waals surface area contributed by atoms with Gasteiger partial charge in [0.2, 0.25) is 0 Å². The topological polar surface area (TPSA) is 68.9 Å². The van der Waals surface area contributed by atoms with E-state index in [1.165, 1.54) is 0 Å². The van der Waals surface area contributed by atoms with Crippen LogP contribution in [0.2, 0.25) is 0 Å². The third-order valence-corrected chi connectivity index (χ3v) is 2.22. The van der Waals surface area contributed by atoms with Crippen LogP contribution in [0.25, 0.3) is 0 Å². The summed E-state index contributed by atoms with van der Waals surface area (Å²) in [4.78, 5) is 4.11. The van der Waals surface area contributed by atoms with Crippen molar-refractivity contribution in [3.63, 3.8) is 0 Å². The minimum Gasteiger partial charge on any atom is -0.394 e. The minimum atomic E-state index is -0.0126. The van der Waals surface area contributed by atoms with Crippen molar-refractivity contribution < 1.29 is 5.11 Å². The highest BCUT2D eigenvalue weighted by atomic mass is 16.3. The highest BCUT2D eigenvalue weighted by molar-refractivity contribution is 5.43. The molecule has 1 aromatic heterocycles. The highest BCUT2D eigenvalue weighted by Gasteiger charge is 2.10. The van der Waals surface area contributed by atoms with Gasteiger partial charge in [0.25, 0.3) is 0 Å². The number of anilines is 1. The van der Waals surface area contributed by atoms with Crippen molar-refractivity contribution in [1.82, 2.24) is 4.98 Å². The molecule has 0 saturated heterocycles. The fourth-order valence-corrected chi connectivity index (χ4v) is 1.54. The molecular weight excluding hydrogens is 202 g/mol. The van der Waals surface area contributed by atoms with Crippen molar-refractivity contribution in [1.29, 1.82) is 5.26 Å². The largest absolute Gasteiger partial charge is 0.394 e. The molecule has 0 aliphatic heterocycles. The molecule has 0 aliphatic rings. The Kier molecular flexibility index (Phi) is 4.74. The summed E-state index contributed by atoms with van der Waals surface area (Å²) in [5, 5.41) is 21.1. The van der Waals surface area contributed by atoms with Crippen molar-refractivity contribution in [2.24, 2.45) is 5.92 Å². The van der Waals surface area contributed by atoms with Crippen LogP contribution in [0.1, 0.15) is 25.8 Å². The molecule has 0 fully saturated rings. The molecular formula is C12H17N3O. The number of aliphatic hydroxyl groups is 1. The SMILES string of the molecule is CC(C)CC(CO)Nc1cc(C#N)ccn1. The van der Waals surface area contributed by atoms with Gasteiger partial charge in [0.1, 0.15) is 5.82 Å². The Morgan fingerprint density at radius 3 is 2.88 bits per heavy atom. The van der Waals surface area contributed by atoms with Gasteiger partial charge in [-0.15, -0.1) is 0 Å². The number of pyridine rings is 1. The molecule has 2 N–H and O–H groups in total. The quantitative estimate of drug-likeness (QED) is 0.792. The average Bonchev–Trinajstić information content (AvgIpc) is 2.28. The number of hydrogen-bond acceptors (Lipinski definition) is 4. The molecule has 1 heterocycles. The predicted molar refractivity (Wildman–Crippen MR) is 62.9 cm³/mol. The third kappa shape index (κ3) is 3.87. The summed E-state index contributed by atoms with van der Waals surface area (Å²) in [7, 11) is 0. The summed E-state index contributed by atoms with van der Waals surface area (Å²) in [6, 6.07) is 5.38. The molecule has 16 heavy (non-hydrogen) atoms. The number of rotatable bonds is 5. The van der Waals surface area contributed by atoms with Crippen LogP contribution in [-0.2, 0) is 0 Å². The van der Waals surface area contributed by atoms with E-state index < -0.39 is 0 Å². The fourth-order valence-electron chi connectivity index (χ4n) is 1.54. The van der Waals surface area contributed by atoms with E-state index in [2.05, 4.69) is 30.2 Å². The van der Waals surface area contributed by atoms with Gasteiger partial charge in [-0.3, -0.25) is 0 Å². The summed E-state index contributed by atoms with van der Waals surface area (Å²) in [6.07, 6.45) is 2.46. The first-order valence-electron chi connectivity index (χ1n) is 5.39. The van der Waals surface area contributed by atoms with Crippen molar-refractivity contribution in [3.05, 3.63) is 23.9 Å². The van der Waals surface area contributed by atoms with Gasteiger partial charge in [-0.2, -0.15) is 5.26 Å². The molecule has 0 saturated carbocycles. The maximum Gasteiger partial charge on any atom is 0.127 e. The maximum absolute atomic E-state index is 9.21. The summed E-state index contributed by atoms with van der Waals surface area (Å²) < 4.78 is 0. The molecule has 0 aliphatic carbocycles. The van der Waals surface area contributed by atoms with Crippen molar-refractivity contribution in [3.8, 4) is 6.07 Å². The van der Waals surface area contributed by atoms with Gasteiger partial charge in [0.05, 0.1) is 24.3 Å². The van der Waals surface area contributed by atoms with Crippen LogP contribution in [0.15, 0.2) is 18.3 Å². The second kappa shape index (κ2) is 6.09. The Morgan fingerprint density at radius 1 is 1.56 bits per heavy atom. The maximum atomic E-state index is 9.21. The fraction of sp³-hybridized carbons (Fsp3) is 0.500. The highest BCUT2D eigenvalue weighted by Crippen LogP contribution is 2.11. The Bertz CT molecular complexity index is 371. The predicted octanol–water partition coefficient (Wildman–Crippen LogP) is 1.77. The molecule has 1 aromatic rings. The zero-order valence-electron chi connectivity index (χ0n) is 9.64. The van der Waals surface area contributed by atoms with E-state index in [1.807, 2.05) is 0 Å². The Morgan fingerprint density at radius 2 is 2.31 bits per heavy atom. The van der Waals surface area contributed by atoms with Crippen molar-refractivity contribution >= 4 is 5.82 Å². The monoisotopic (exact) mass is 219 g/mol. The lowest BCUT2D eigenvalue weighted by atomic mass is 10.0. The Labute approximate surface area is 95.9 Å². The number of nitrogens with zero attached hydrogens (tertiary/aromatic N) is 2. The molecule has 0 amide bonds. The standard InChI is InChI=1S/C12H17N3O/c1-9(2)5-11(8-16)15-12-6-10(7-13)3-4-14-12/h3-4,6,9,11,16H,5,8H2,1-2H3,(H,14,15). The molecule has 1 atom stereocenters. The van der Waals surface area contributed by atoms with Gasteiger partial charge in [0.15, 0.2) is 0 Å². The van der Waals surface area contributed by atoms with Crippen LogP contribution in [-0.4, -0.2) is 22.7 Å². The molecule has 4 nitrogen and oxygen atoms in total. The zero-order chi connectivity index (χ0) is 12.0. The van der Waals surface area contributed by atoms with E-state index >= 15 is 0 Å². The summed E-state index contributed by atoms with van der Waals surface area (Å²) in [5.41, 5.74) is 0.568. The first-order chi connectivity index (χ1) is 7.65. The smallest absolute Gasteiger partial charge is 0.127 e. The second-order valence-electron chi connectivity index (χ2n) is 4.19. The molecule has 0 spiro atoms. The normalized spacial score (nSPS) is 12.2. The van der Waals surface area contributed by atoms with Gasteiger partial charge in [-0.25, -0.2) is 4.98 Å². The molecule has 86 valence electrons. The zero-order valence-corrected chi connectivity index (χ0v) is 9.64. The van der Waals surface area contributed by atoms with E-state index in [4.69, 9.17) is 5.26 Å². The van der Waals surface area contributed by atoms with Crippen LogP contribution < -0.4 is 5.32 Å². The molecule has 0 radical (unpaired) electrons. The summed E-state index contributed by atoms with van der Waals surface area (Å²) in [5.74, 6) is 1.14. The van der Waals surface area contributed by atoms with Crippen LogP contribution in [0.4, 0.5) is 5.82 Å². The van der Waals surface area contributed by atoms with Gasteiger partial charge < -0.3 is 10.4 Å². The number of aliphatic hydroxyl groups excluding tert-OH is 1. The van der Waals surface area contributed by atoms with Crippen molar-refractivity contribution in [2.45, 2.75) is 26.3 Å². The first-order valence-corrected chi connectivity index (χ1v) is 5.39. The lowest BCUT2D eigenvalue weighted by molar-refractivity contribution is 0.259. The third-order valence-electron chi connectivity index (χ3n) is 2.22. The minimum absolute atomic E-state index is 0.0126. The van der Waals surface area contributed by atoms with Gasteiger partial charge in [-0.1, -0.05) is 13.8 Å². The molecule has 0 aromatic carbocycles. The van der Waals surface area contributed by atoms with E-state index in [1.54, 1.807) is 18.3 Å². The number of hydrogen-bond donors (Lipinski definition) is 2. The Balaban J connectivity index is 2.67. The lowest BCUT2D eigenvalue weighted by Crippen LogP contribution is -2.26. The van der Waals surface area contributed by atoms with E-state index in [0.29, 0.717) is 17.3 Å². The van der Waals surface area contributed by atoms with Gasteiger partial charge >= 0.3 is 0 Å².